The molecule has 2 unspecified atom stereocenters. The Hall–Kier alpha value is -0.870. The Kier molecular flexibility index (Phi) is 4.36. The molecule has 1 saturated carbocycles. The van der Waals surface area contributed by atoms with Crippen LogP contribution < -0.4 is 5.73 Å². The average Bonchev–Trinajstić information content (AvgIpc) is 2.95. The SMILES string of the molecule is NCC1CCCC1COCCn1cccn1. The molecule has 2 rings (SSSR count). The molecule has 0 bridgehead atoms. The highest BCUT2D eigenvalue weighted by atomic mass is 16.5. The fraction of sp³-hybridized carbons (Fsp3) is 0.750. The van der Waals surface area contributed by atoms with Crippen LogP contribution in [0.15, 0.2) is 18.5 Å². The molecule has 1 fully saturated rings. The molecule has 0 aliphatic heterocycles. The summed E-state index contributed by atoms with van der Waals surface area (Å²) in [7, 11) is 0. The van der Waals surface area contributed by atoms with Crippen molar-refractivity contribution in [3.8, 4) is 0 Å². The van der Waals surface area contributed by atoms with E-state index in [9.17, 15) is 0 Å². The first kappa shape index (κ1) is 11.6. The maximum absolute atomic E-state index is 5.74. The summed E-state index contributed by atoms with van der Waals surface area (Å²) in [5.74, 6) is 1.37. The van der Waals surface area contributed by atoms with Crippen molar-refractivity contribution < 1.29 is 4.74 Å². The van der Waals surface area contributed by atoms with Crippen molar-refractivity contribution in [3.63, 3.8) is 0 Å². The minimum atomic E-state index is 0.683. The minimum absolute atomic E-state index is 0.683. The van der Waals surface area contributed by atoms with Crippen LogP contribution in [-0.2, 0) is 11.3 Å². The molecule has 0 radical (unpaired) electrons. The van der Waals surface area contributed by atoms with Gasteiger partial charge < -0.3 is 10.5 Å². The van der Waals surface area contributed by atoms with Gasteiger partial charge in [0.1, 0.15) is 0 Å². The average molecular weight is 223 g/mol. The van der Waals surface area contributed by atoms with E-state index in [0.717, 1.165) is 26.3 Å². The van der Waals surface area contributed by atoms with E-state index in [4.69, 9.17) is 10.5 Å². The first-order valence-corrected chi connectivity index (χ1v) is 6.15. The van der Waals surface area contributed by atoms with Crippen molar-refractivity contribution in [2.45, 2.75) is 25.8 Å². The quantitative estimate of drug-likeness (QED) is 0.739. The largest absolute Gasteiger partial charge is 0.379 e. The van der Waals surface area contributed by atoms with Gasteiger partial charge in [0.2, 0.25) is 0 Å². The van der Waals surface area contributed by atoms with Gasteiger partial charge in [0.15, 0.2) is 0 Å². The number of aromatic nitrogens is 2. The van der Waals surface area contributed by atoms with E-state index < -0.39 is 0 Å². The molecule has 2 N–H and O–H groups in total. The van der Waals surface area contributed by atoms with Crippen LogP contribution in [0.25, 0.3) is 0 Å². The molecule has 4 heteroatoms. The fourth-order valence-corrected chi connectivity index (χ4v) is 2.47. The number of rotatable bonds is 6. The Labute approximate surface area is 96.8 Å². The Morgan fingerprint density at radius 2 is 2.25 bits per heavy atom. The standard InChI is InChI=1S/C12H21N3O/c13-9-11-3-1-4-12(11)10-16-8-7-15-6-2-5-14-15/h2,5-6,11-12H,1,3-4,7-10,13H2. The van der Waals surface area contributed by atoms with Crippen LogP contribution in [0, 0.1) is 11.8 Å². The molecule has 1 aliphatic carbocycles. The lowest BCUT2D eigenvalue weighted by Crippen LogP contribution is -2.23. The summed E-state index contributed by atoms with van der Waals surface area (Å²) in [5.41, 5.74) is 5.74. The second-order valence-corrected chi connectivity index (χ2v) is 4.53. The van der Waals surface area contributed by atoms with Crippen molar-refractivity contribution in [2.24, 2.45) is 17.6 Å². The van der Waals surface area contributed by atoms with Gasteiger partial charge in [0.25, 0.3) is 0 Å². The summed E-state index contributed by atoms with van der Waals surface area (Å²) in [5, 5.41) is 4.13. The second kappa shape index (κ2) is 6.01. The van der Waals surface area contributed by atoms with Crippen LogP contribution in [0.4, 0.5) is 0 Å². The van der Waals surface area contributed by atoms with E-state index in [2.05, 4.69) is 5.10 Å². The normalized spacial score (nSPS) is 25.1. The highest BCUT2D eigenvalue weighted by Crippen LogP contribution is 2.30. The maximum Gasteiger partial charge on any atom is 0.0662 e. The third kappa shape index (κ3) is 3.06. The molecule has 1 heterocycles. The third-order valence-electron chi connectivity index (χ3n) is 3.48. The van der Waals surface area contributed by atoms with Gasteiger partial charge in [-0.25, -0.2) is 0 Å². The van der Waals surface area contributed by atoms with Crippen LogP contribution >= 0.6 is 0 Å². The van der Waals surface area contributed by atoms with E-state index in [-0.39, 0.29) is 0 Å². The fourth-order valence-electron chi connectivity index (χ4n) is 2.47. The molecule has 0 amide bonds. The molecule has 4 nitrogen and oxygen atoms in total. The van der Waals surface area contributed by atoms with Gasteiger partial charge in [-0.1, -0.05) is 6.42 Å². The molecule has 1 aromatic heterocycles. The Bertz CT molecular complexity index is 286. The van der Waals surface area contributed by atoms with Gasteiger partial charge >= 0.3 is 0 Å². The third-order valence-corrected chi connectivity index (χ3v) is 3.48. The minimum Gasteiger partial charge on any atom is -0.379 e. The second-order valence-electron chi connectivity index (χ2n) is 4.53. The van der Waals surface area contributed by atoms with Gasteiger partial charge in [-0.15, -0.1) is 0 Å². The lowest BCUT2D eigenvalue weighted by molar-refractivity contribution is 0.0797. The predicted molar refractivity (Wildman–Crippen MR) is 62.9 cm³/mol. The highest BCUT2D eigenvalue weighted by molar-refractivity contribution is 4.78. The van der Waals surface area contributed by atoms with Crippen molar-refractivity contribution in [1.82, 2.24) is 9.78 Å². The van der Waals surface area contributed by atoms with E-state index in [1.54, 1.807) is 6.20 Å². The molecule has 0 saturated heterocycles. The molecule has 90 valence electrons. The summed E-state index contributed by atoms with van der Waals surface area (Å²) in [4.78, 5) is 0. The Morgan fingerprint density at radius 1 is 1.38 bits per heavy atom. The van der Waals surface area contributed by atoms with E-state index >= 15 is 0 Å². The molecule has 16 heavy (non-hydrogen) atoms. The molecular formula is C12H21N3O. The number of nitrogens with zero attached hydrogens (tertiary/aromatic N) is 2. The van der Waals surface area contributed by atoms with Crippen molar-refractivity contribution >= 4 is 0 Å². The van der Waals surface area contributed by atoms with Crippen LogP contribution in [0.3, 0.4) is 0 Å². The number of nitrogens with two attached hydrogens (primary N) is 1. The van der Waals surface area contributed by atoms with Gasteiger partial charge in [0.05, 0.1) is 13.2 Å². The first-order chi connectivity index (χ1) is 7.90. The van der Waals surface area contributed by atoms with E-state index in [0.29, 0.717) is 11.8 Å². The van der Waals surface area contributed by atoms with Crippen molar-refractivity contribution in [2.75, 3.05) is 19.8 Å². The van der Waals surface area contributed by atoms with E-state index in [1.807, 2.05) is 16.9 Å². The molecule has 1 aliphatic rings. The van der Waals surface area contributed by atoms with Crippen molar-refractivity contribution in [3.05, 3.63) is 18.5 Å². The van der Waals surface area contributed by atoms with Gasteiger partial charge in [0, 0.05) is 19.0 Å². The molecule has 2 atom stereocenters. The van der Waals surface area contributed by atoms with Gasteiger partial charge in [-0.3, -0.25) is 4.68 Å². The number of ether oxygens (including phenoxy) is 1. The summed E-state index contributed by atoms with van der Waals surface area (Å²) in [6.07, 6.45) is 7.63. The van der Waals surface area contributed by atoms with Gasteiger partial charge in [-0.2, -0.15) is 5.10 Å². The maximum atomic E-state index is 5.74. The molecular weight excluding hydrogens is 202 g/mol. The lowest BCUT2D eigenvalue weighted by atomic mass is 9.97. The summed E-state index contributed by atoms with van der Waals surface area (Å²) in [6.45, 7) is 3.26. The first-order valence-electron chi connectivity index (χ1n) is 6.15. The van der Waals surface area contributed by atoms with Gasteiger partial charge in [-0.05, 0) is 37.3 Å². The Balaban J connectivity index is 1.61. The van der Waals surface area contributed by atoms with Crippen LogP contribution in [-0.4, -0.2) is 29.5 Å². The predicted octanol–water partition coefficient (Wildman–Crippen LogP) is 1.27. The lowest BCUT2D eigenvalue weighted by Gasteiger charge is -2.17. The van der Waals surface area contributed by atoms with Crippen LogP contribution in [0.5, 0.6) is 0 Å². The zero-order valence-electron chi connectivity index (χ0n) is 9.72. The monoisotopic (exact) mass is 223 g/mol. The molecule has 1 aromatic rings. The Morgan fingerprint density at radius 3 is 3.00 bits per heavy atom. The number of hydrogen-bond donors (Lipinski definition) is 1. The zero-order valence-corrected chi connectivity index (χ0v) is 9.72. The van der Waals surface area contributed by atoms with E-state index in [1.165, 1.54) is 19.3 Å². The topological polar surface area (TPSA) is 53.1 Å². The van der Waals surface area contributed by atoms with Crippen LogP contribution in [0.1, 0.15) is 19.3 Å². The summed E-state index contributed by atoms with van der Waals surface area (Å²) < 4.78 is 7.60. The van der Waals surface area contributed by atoms with Crippen LogP contribution in [0.2, 0.25) is 0 Å². The number of hydrogen-bond acceptors (Lipinski definition) is 3. The summed E-state index contributed by atoms with van der Waals surface area (Å²) in [6, 6.07) is 1.93. The smallest absolute Gasteiger partial charge is 0.0662 e. The highest BCUT2D eigenvalue weighted by Gasteiger charge is 2.25. The zero-order chi connectivity index (χ0) is 11.2. The molecule has 0 aromatic carbocycles. The van der Waals surface area contributed by atoms with Crippen molar-refractivity contribution in [1.29, 1.82) is 0 Å². The molecule has 0 spiro atoms. The summed E-state index contributed by atoms with van der Waals surface area (Å²) >= 11 is 0.